The van der Waals surface area contributed by atoms with Gasteiger partial charge in [0.1, 0.15) is 0 Å². The fourth-order valence-corrected chi connectivity index (χ4v) is 5.43. The van der Waals surface area contributed by atoms with E-state index in [1.54, 1.807) is 0 Å². The van der Waals surface area contributed by atoms with Crippen LogP contribution in [-0.2, 0) is 15.9 Å². The molecule has 1 aromatic carbocycles. The first-order valence-corrected chi connectivity index (χ1v) is 12.4. The molecule has 2 saturated carbocycles. The van der Waals surface area contributed by atoms with Crippen LogP contribution in [0.2, 0.25) is 0 Å². The highest BCUT2D eigenvalue weighted by Gasteiger charge is 2.33. The topological polar surface area (TPSA) is 71.6 Å². The lowest BCUT2D eigenvalue weighted by Crippen LogP contribution is -2.48. The normalized spacial score (nSPS) is 26.8. The standard InChI is InChI=1S/C26H41N3O2/c1-18-3-4-20(8-7-19-5-6-19)15-24(18)25(21-9-11-22(30-2)12-10-21)17-29(26(27)28)16-23-13-14-31-23/h3-4,15,19,21-23,25H,5-14,16-17H2,1-2H3,(H3,27,28). The number of nitrogens with zero attached hydrogens (tertiary/aromatic N) is 1. The second-order valence-corrected chi connectivity index (χ2v) is 10.1. The Labute approximate surface area is 188 Å². The number of rotatable bonds is 10. The predicted molar refractivity (Wildman–Crippen MR) is 126 cm³/mol. The first-order chi connectivity index (χ1) is 15.0. The summed E-state index contributed by atoms with van der Waals surface area (Å²) in [7, 11) is 1.84. The van der Waals surface area contributed by atoms with E-state index in [0.29, 0.717) is 17.9 Å². The highest BCUT2D eigenvalue weighted by molar-refractivity contribution is 5.74. The van der Waals surface area contributed by atoms with E-state index in [4.69, 9.17) is 20.6 Å². The Morgan fingerprint density at radius 2 is 1.94 bits per heavy atom. The Balaban J connectivity index is 1.54. The van der Waals surface area contributed by atoms with Crippen molar-refractivity contribution in [2.75, 3.05) is 26.8 Å². The zero-order valence-electron chi connectivity index (χ0n) is 19.4. The van der Waals surface area contributed by atoms with Crippen LogP contribution in [0.5, 0.6) is 0 Å². The Morgan fingerprint density at radius 3 is 2.52 bits per heavy atom. The summed E-state index contributed by atoms with van der Waals surface area (Å²) in [5.41, 5.74) is 10.4. The van der Waals surface area contributed by atoms with Crippen LogP contribution >= 0.6 is 0 Å². The van der Waals surface area contributed by atoms with Gasteiger partial charge in [-0.25, -0.2) is 0 Å². The molecule has 1 saturated heterocycles. The molecule has 3 N–H and O–H groups in total. The summed E-state index contributed by atoms with van der Waals surface area (Å²) >= 11 is 0. The molecular weight excluding hydrogens is 386 g/mol. The quantitative estimate of drug-likeness (QED) is 0.422. The van der Waals surface area contributed by atoms with Crippen molar-refractivity contribution in [3.8, 4) is 0 Å². The maximum absolute atomic E-state index is 8.22. The highest BCUT2D eigenvalue weighted by atomic mass is 16.5. The van der Waals surface area contributed by atoms with Crippen molar-refractivity contribution in [2.24, 2.45) is 17.6 Å². The van der Waals surface area contributed by atoms with E-state index in [-0.39, 0.29) is 12.1 Å². The lowest BCUT2D eigenvalue weighted by atomic mass is 9.74. The molecule has 2 aliphatic carbocycles. The summed E-state index contributed by atoms with van der Waals surface area (Å²) in [5.74, 6) is 2.13. The van der Waals surface area contributed by atoms with Crippen LogP contribution in [0, 0.1) is 24.2 Å². The molecule has 172 valence electrons. The van der Waals surface area contributed by atoms with Crippen LogP contribution in [0.1, 0.15) is 74.0 Å². The Bertz CT molecular complexity index is 736. The molecule has 3 fully saturated rings. The van der Waals surface area contributed by atoms with Gasteiger partial charge < -0.3 is 20.1 Å². The van der Waals surface area contributed by atoms with E-state index in [2.05, 4.69) is 30.0 Å². The maximum Gasteiger partial charge on any atom is 0.188 e. The molecule has 4 rings (SSSR count). The minimum Gasteiger partial charge on any atom is -0.381 e. The molecular formula is C26H41N3O2. The number of ether oxygens (including phenoxy) is 2. The van der Waals surface area contributed by atoms with Gasteiger partial charge in [-0.15, -0.1) is 0 Å². The summed E-state index contributed by atoms with van der Waals surface area (Å²) in [4.78, 5) is 2.06. The molecule has 0 amide bonds. The van der Waals surface area contributed by atoms with Crippen LogP contribution in [0.3, 0.4) is 0 Å². The molecule has 1 aromatic rings. The first-order valence-electron chi connectivity index (χ1n) is 12.4. The van der Waals surface area contributed by atoms with Crippen LogP contribution in [0.4, 0.5) is 0 Å². The van der Waals surface area contributed by atoms with E-state index < -0.39 is 0 Å². The van der Waals surface area contributed by atoms with E-state index >= 15 is 0 Å². The van der Waals surface area contributed by atoms with Gasteiger partial charge >= 0.3 is 0 Å². The van der Waals surface area contributed by atoms with Crippen molar-refractivity contribution in [1.82, 2.24) is 4.90 Å². The van der Waals surface area contributed by atoms with Crippen molar-refractivity contribution < 1.29 is 9.47 Å². The van der Waals surface area contributed by atoms with E-state index in [1.807, 2.05) is 7.11 Å². The Morgan fingerprint density at radius 1 is 1.19 bits per heavy atom. The monoisotopic (exact) mass is 427 g/mol. The zero-order chi connectivity index (χ0) is 21.8. The summed E-state index contributed by atoms with van der Waals surface area (Å²) in [6.07, 6.45) is 11.7. The van der Waals surface area contributed by atoms with Gasteiger partial charge in [0.2, 0.25) is 0 Å². The molecule has 5 heteroatoms. The second-order valence-electron chi connectivity index (χ2n) is 10.1. The molecule has 0 radical (unpaired) electrons. The van der Waals surface area contributed by atoms with E-state index in [0.717, 1.165) is 44.9 Å². The largest absolute Gasteiger partial charge is 0.381 e. The van der Waals surface area contributed by atoms with Gasteiger partial charge in [-0.3, -0.25) is 5.41 Å². The van der Waals surface area contributed by atoms with Crippen molar-refractivity contribution >= 4 is 5.96 Å². The molecule has 1 heterocycles. The molecule has 0 spiro atoms. The average molecular weight is 428 g/mol. The fourth-order valence-electron chi connectivity index (χ4n) is 5.43. The van der Waals surface area contributed by atoms with Crippen LogP contribution in [0.25, 0.3) is 0 Å². The summed E-state index contributed by atoms with van der Waals surface area (Å²) in [6, 6.07) is 7.12. The van der Waals surface area contributed by atoms with Gasteiger partial charge in [0.15, 0.2) is 5.96 Å². The lowest BCUT2D eigenvalue weighted by molar-refractivity contribution is -0.0601. The van der Waals surface area contributed by atoms with Gasteiger partial charge in [0, 0.05) is 32.7 Å². The van der Waals surface area contributed by atoms with Gasteiger partial charge in [-0.2, -0.15) is 0 Å². The summed E-state index contributed by atoms with van der Waals surface area (Å²) < 4.78 is 11.3. The molecule has 0 bridgehead atoms. The third kappa shape index (κ3) is 6.01. The predicted octanol–water partition coefficient (Wildman–Crippen LogP) is 4.61. The third-order valence-electron chi connectivity index (χ3n) is 7.88. The molecule has 1 aliphatic heterocycles. The van der Waals surface area contributed by atoms with Gasteiger partial charge in [0.25, 0.3) is 0 Å². The maximum atomic E-state index is 8.22. The Hall–Kier alpha value is -1.59. The van der Waals surface area contributed by atoms with Crippen LogP contribution < -0.4 is 5.73 Å². The molecule has 5 nitrogen and oxygen atoms in total. The van der Waals surface area contributed by atoms with Gasteiger partial charge in [-0.05, 0) is 80.4 Å². The highest BCUT2D eigenvalue weighted by Crippen LogP contribution is 2.40. The number of hydrogen-bond acceptors (Lipinski definition) is 3. The SMILES string of the molecule is COC1CCC(C(CN(CC2CCO2)C(=N)N)c2cc(CCC3CC3)ccc2C)CC1. The van der Waals surface area contributed by atoms with Crippen molar-refractivity contribution in [2.45, 2.75) is 82.8 Å². The third-order valence-corrected chi connectivity index (χ3v) is 7.88. The van der Waals surface area contributed by atoms with Crippen LogP contribution in [-0.4, -0.2) is 49.9 Å². The smallest absolute Gasteiger partial charge is 0.188 e. The van der Waals surface area contributed by atoms with Crippen molar-refractivity contribution in [3.63, 3.8) is 0 Å². The molecule has 31 heavy (non-hydrogen) atoms. The number of guanidine groups is 1. The molecule has 3 aliphatic rings. The van der Waals surface area contributed by atoms with E-state index in [1.165, 1.54) is 55.2 Å². The van der Waals surface area contributed by atoms with Crippen molar-refractivity contribution in [3.05, 3.63) is 34.9 Å². The molecule has 0 aromatic heterocycles. The average Bonchev–Trinajstić information content (AvgIpc) is 3.57. The summed E-state index contributed by atoms with van der Waals surface area (Å²) in [6.45, 7) is 4.63. The molecule has 2 unspecified atom stereocenters. The first kappa shape index (κ1) is 22.6. The summed E-state index contributed by atoms with van der Waals surface area (Å²) in [5, 5.41) is 8.22. The Kier molecular flexibility index (Phi) is 7.55. The number of hydrogen-bond donors (Lipinski definition) is 2. The lowest BCUT2D eigenvalue weighted by Gasteiger charge is -2.39. The number of methoxy groups -OCH3 is 1. The second kappa shape index (κ2) is 10.4. The van der Waals surface area contributed by atoms with Gasteiger partial charge in [-0.1, -0.05) is 31.0 Å². The number of nitrogens with one attached hydrogen (secondary N) is 1. The van der Waals surface area contributed by atoms with Gasteiger partial charge in [0.05, 0.1) is 12.2 Å². The van der Waals surface area contributed by atoms with Crippen LogP contribution in [0.15, 0.2) is 18.2 Å². The van der Waals surface area contributed by atoms with Crippen molar-refractivity contribution in [1.29, 1.82) is 5.41 Å². The number of nitrogens with two attached hydrogens (primary N) is 1. The minimum absolute atomic E-state index is 0.175. The number of benzene rings is 1. The van der Waals surface area contributed by atoms with E-state index in [9.17, 15) is 0 Å². The number of aryl methyl sites for hydroxylation is 2. The zero-order valence-corrected chi connectivity index (χ0v) is 19.4. The minimum atomic E-state index is 0.175. The molecule has 2 atom stereocenters. The fraction of sp³-hybridized carbons (Fsp3) is 0.731.